The summed E-state index contributed by atoms with van der Waals surface area (Å²) < 4.78 is 37.3. The molecule has 1 rings (SSSR count). The molecule has 1 atom stereocenters. The van der Waals surface area contributed by atoms with Crippen molar-refractivity contribution in [3.05, 3.63) is 29.6 Å². The van der Waals surface area contributed by atoms with Gasteiger partial charge in [-0.2, -0.15) is 13.2 Å². The number of hydrogen-bond donors (Lipinski definition) is 2. The Balaban J connectivity index is 2.78. The number of alkyl halides is 3. The van der Waals surface area contributed by atoms with Crippen LogP contribution < -0.4 is 5.32 Å². The minimum absolute atomic E-state index is 0.185. The summed E-state index contributed by atoms with van der Waals surface area (Å²) in [5.41, 5.74) is -0.996. The summed E-state index contributed by atoms with van der Waals surface area (Å²) >= 11 is 0. The maximum absolute atomic E-state index is 12.4. The average Bonchev–Trinajstić information content (AvgIpc) is 2.24. The molecule has 0 aliphatic rings. The molecule has 0 aliphatic carbocycles. The molecule has 0 spiro atoms. The Bertz CT molecular complexity index is 399. The smallest absolute Gasteiger partial charge is 0.387 e. The second-order valence-electron chi connectivity index (χ2n) is 5.12. The summed E-state index contributed by atoms with van der Waals surface area (Å²) in [7, 11) is 0. The Morgan fingerprint density at radius 2 is 1.94 bits per heavy atom. The Kier molecular flexibility index (Phi) is 4.34. The Morgan fingerprint density at radius 3 is 2.44 bits per heavy atom. The predicted molar refractivity (Wildman–Crippen MR) is 62.0 cm³/mol. The molecule has 1 unspecified atom stereocenters. The number of pyridine rings is 1. The lowest BCUT2D eigenvalue weighted by Gasteiger charge is -2.23. The van der Waals surface area contributed by atoms with Gasteiger partial charge in [0.25, 0.3) is 0 Å². The standard InChI is InChI=1S/C12H17F3N2O/c1-11(2,3)17-7-9(18)8-4-5-16-10(6-8)12(13,14)15/h4-6,9,17-18H,7H2,1-3H3. The number of rotatable bonds is 3. The van der Waals surface area contributed by atoms with Crippen LogP contribution in [0.3, 0.4) is 0 Å². The molecule has 0 radical (unpaired) electrons. The van der Waals surface area contributed by atoms with Crippen molar-refractivity contribution in [2.24, 2.45) is 0 Å². The largest absolute Gasteiger partial charge is 0.433 e. The van der Waals surface area contributed by atoms with Crippen molar-refractivity contribution in [3.63, 3.8) is 0 Å². The number of β-amino-alcohol motifs (C(OH)–C–C–N with tert-alkyl or cyclic N) is 1. The van der Waals surface area contributed by atoms with E-state index in [1.165, 1.54) is 6.07 Å². The van der Waals surface area contributed by atoms with Crippen molar-refractivity contribution in [3.8, 4) is 0 Å². The van der Waals surface area contributed by atoms with E-state index in [0.29, 0.717) is 0 Å². The Morgan fingerprint density at radius 1 is 1.33 bits per heavy atom. The van der Waals surface area contributed by atoms with E-state index in [1.807, 2.05) is 20.8 Å². The molecule has 1 aromatic heterocycles. The molecule has 6 heteroatoms. The normalized spacial score (nSPS) is 14.6. The lowest BCUT2D eigenvalue weighted by Crippen LogP contribution is -2.38. The maximum Gasteiger partial charge on any atom is 0.433 e. The monoisotopic (exact) mass is 262 g/mol. The van der Waals surface area contributed by atoms with Gasteiger partial charge in [0.1, 0.15) is 5.69 Å². The van der Waals surface area contributed by atoms with Crippen LogP contribution in [0.25, 0.3) is 0 Å². The van der Waals surface area contributed by atoms with E-state index in [-0.39, 0.29) is 17.6 Å². The first-order valence-corrected chi connectivity index (χ1v) is 5.56. The van der Waals surface area contributed by atoms with Gasteiger partial charge in [0.05, 0.1) is 6.10 Å². The van der Waals surface area contributed by atoms with Crippen molar-refractivity contribution >= 4 is 0 Å². The van der Waals surface area contributed by atoms with Crippen LogP contribution in [0.4, 0.5) is 13.2 Å². The third-order valence-electron chi connectivity index (χ3n) is 2.28. The van der Waals surface area contributed by atoms with Crippen molar-refractivity contribution in [2.45, 2.75) is 38.6 Å². The lowest BCUT2D eigenvalue weighted by atomic mass is 10.1. The number of aliphatic hydroxyl groups is 1. The van der Waals surface area contributed by atoms with E-state index in [2.05, 4.69) is 10.3 Å². The average molecular weight is 262 g/mol. The molecule has 0 saturated carbocycles. The summed E-state index contributed by atoms with van der Waals surface area (Å²) in [5, 5.41) is 12.8. The van der Waals surface area contributed by atoms with Crippen LogP contribution in [0.15, 0.2) is 18.3 Å². The number of nitrogens with zero attached hydrogens (tertiary/aromatic N) is 1. The molecule has 102 valence electrons. The van der Waals surface area contributed by atoms with Gasteiger partial charge in [-0.15, -0.1) is 0 Å². The van der Waals surface area contributed by atoms with E-state index in [4.69, 9.17) is 0 Å². The second kappa shape index (κ2) is 5.24. The number of aromatic nitrogens is 1. The van der Waals surface area contributed by atoms with E-state index in [9.17, 15) is 18.3 Å². The van der Waals surface area contributed by atoms with Gasteiger partial charge in [-0.1, -0.05) is 0 Å². The fourth-order valence-electron chi connectivity index (χ4n) is 1.33. The molecular weight excluding hydrogens is 245 g/mol. The van der Waals surface area contributed by atoms with Gasteiger partial charge in [-0.25, -0.2) is 0 Å². The summed E-state index contributed by atoms with van der Waals surface area (Å²) in [5.74, 6) is 0. The highest BCUT2D eigenvalue weighted by Crippen LogP contribution is 2.28. The first-order valence-electron chi connectivity index (χ1n) is 5.56. The molecule has 1 heterocycles. The highest BCUT2D eigenvalue weighted by Gasteiger charge is 2.32. The van der Waals surface area contributed by atoms with Crippen LogP contribution in [0.2, 0.25) is 0 Å². The SMILES string of the molecule is CC(C)(C)NCC(O)c1ccnc(C(F)(F)F)c1. The van der Waals surface area contributed by atoms with Crippen molar-refractivity contribution in [2.75, 3.05) is 6.54 Å². The molecule has 1 aromatic rings. The third-order valence-corrected chi connectivity index (χ3v) is 2.28. The quantitative estimate of drug-likeness (QED) is 0.879. The van der Waals surface area contributed by atoms with Gasteiger partial charge in [0, 0.05) is 18.3 Å². The molecule has 18 heavy (non-hydrogen) atoms. The van der Waals surface area contributed by atoms with Gasteiger partial charge < -0.3 is 10.4 Å². The number of halogens is 3. The highest BCUT2D eigenvalue weighted by molar-refractivity contribution is 5.20. The van der Waals surface area contributed by atoms with Crippen LogP contribution in [0, 0.1) is 0 Å². The van der Waals surface area contributed by atoms with Gasteiger partial charge in [-0.3, -0.25) is 4.98 Å². The highest BCUT2D eigenvalue weighted by atomic mass is 19.4. The van der Waals surface area contributed by atoms with Crippen LogP contribution >= 0.6 is 0 Å². The zero-order valence-corrected chi connectivity index (χ0v) is 10.5. The molecule has 0 aliphatic heterocycles. The zero-order chi connectivity index (χ0) is 14.0. The van der Waals surface area contributed by atoms with E-state index in [1.54, 1.807) is 0 Å². The van der Waals surface area contributed by atoms with Gasteiger partial charge in [0.15, 0.2) is 0 Å². The molecule has 0 saturated heterocycles. The summed E-state index contributed by atoms with van der Waals surface area (Å²) in [6.07, 6.45) is -4.43. The van der Waals surface area contributed by atoms with Crippen LogP contribution in [0.1, 0.15) is 38.1 Å². The molecule has 2 N–H and O–H groups in total. The van der Waals surface area contributed by atoms with Crippen LogP contribution in [-0.2, 0) is 6.18 Å². The van der Waals surface area contributed by atoms with E-state index >= 15 is 0 Å². The van der Waals surface area contributed by atoms with E-state index < -0.39 is 18.0 Å². The van der Waals surface area contributed by atoms with E-state index in [0.717, 1.165) is 12.3 Å². The van der Waals surface area contributed by atoms with Gasteiger partial charge >= 0.3 is 6.18 Å². The molecule has 0 fully saturated rings. The molecule has 3 nitrogen and oxygen atoms in total. The first kappa shape index (κ1) is 14.9. The van der Waals surface area contributed by atoms with Gasteiger partial charge in [-0.05, 0) is 38.5 Å². The number of aliphatic hydroxyl groups excluding tert-OH is 1. The first-order chi connectivity index (χ1) is 8.09. The maximum atomic E-state index is 12.4. The zero-order valence-electron chi connectivity index (χ0n) is 10.5. The minimum Gasteiger partial charge on any atom is -0.387 e. The Hall–Kier alpha value is -1.14. The minimum atomic E-state index is -4.49. The van der Waals surface area contributed by atoms with Crippen LogP contribution in [0.5, 0.6) is 0 Å². The number of hydrogen-bond acceptors (Lipinski definition) is 3. The molecule has 0 amide bonds. The van der Waals surface area contributed by atoms with Crippen LogP contribution in [-0.4, -0.2) is 22.2 Å². The summed E-state index contributed by atoms with van der Waals surface area (Å²) in [6.45, 7) is 5.92. The van der Waals surface area contributed by atoms with Crippen molar-refractivity contribution in [1.82, 2.24) is 10.3 Å². The van der Waals surface area contributed by atoms with Crippen molar-refractivity contribution < 1.29 is 18.3 Å². The fraction of sp³-hybridized carbons (Fsp3) is 0.583. The Labute approximate surface area is 104 Å². The molecule has 0 bridgehead atoms. The summed E-state index contributed by atoms with van der Waals surface area (Å²) in [6, 6.07) is 2.25. The summed E-state index contributed by atoms with van der Waals surface area (Å²) in [4.78, 5) is 3.25. The molecular formula is C12H17F3N2O. The van der Waals surface area contributed by atoms with Crippen molar-refractivity contribution in [1.29, 1.82) is 0 Å². The molecule has 0 aromatic carbocycles. The fourth-order valence-corrected chi connectivity index (χ4v) is 1.33. The topological polar surface area (TPSA) is 45.1 Å². The van der Waals surface area contributed by atoms with Gasteiger partial charge in [0.2, 0.25) is 0 Å². The second-order valence-corrected chi connectivity index (χ2v) is 5.12. The lowest BCUT2D eigenvalue weighted by molar-refractivity contribution is -0.141. The third kappa shape index (κ3) is 4.62. The number of nitrogens with one attached hydrogen (secondary N) is 1. The predicted octanol–water partition coefficient (Wildman–Crippen LogP) is 2.52.